The maximum absolute atomic E-state index is 12.1. The molecule has 3 aromatic rings. The van der Waals surface area contributed by atoms with Crippen LogP contribution in [0.15, 0.2) is 41.5 Å². The number of nitrogen functional groups attached to an aromatic ring is 1. The molecular formula is C31H40BN7O11P2S. The number of H-pyrrole nitrogens is 1. The molecule has 3 aliphatic rings. The molecule has 6 unspecified atom stereocenters. The first-order valence-corrected chi connectivity index (χ1v) is 20.4. The number of nitriles is 2. The van der Waals surface area contributed by atoms with Crippen molar-refractivity contribution in [2.45, 2.75) is 56.3 Å². The molecule has 0 bridgehead atoms. The van der Waals surface area contributed by atoms with Gasteiger partial charge in [-0.15, -0.1) is 0 Å². The predicted molar refractivity (Wildman–Crippen MR) is 194 cm³/mol. The highest BCUT2D eigenvalue weighted by Gasteiger charge is 2.49. The largest absolute Gasteiger partial charge is 0.494 e. The first-order valence-electron chi connectivity index (χ1n) is 17.1. The van der Waals surface area contributed by atoms with Crippen molar-refractivity contribution >= 4 is 58.7 Å². The molecule has 284 valence electrons. The summed E-state index contributed by atoms with van der Waals surface area (Å²) in [5.74, 6) is 1.26. The van der Waals surface area contributed by atoms with Crippen molar-refractivity contribution in [2.24, 2.45) is 0 Å². The van der Waals surface area contributed by atoms with E-state index in [9.17, 15) is 4.79 Å². The lowest BCUT2D eigenvalue weighted by atomic mass is 9.79. The Labute approximate surface area is 312 Å². The molecule has 2 aromatic heterocycles. The van der Waals surface area contributed by atoms with Gasteiger partial charge in [-0.1, -0.05) is 30.3 Å². The Hall–Kier alpha value is -2.78. The maximum Gasteiger partial charge on any atom is 0.494 e. The summed E-state index contributed by atoms with van der Waals surface area (Å²) in [6.45, 7) is 1.87. The summed E-state index contributed by atoms with van der Waals surface area (Å²) in [5.41, 5.74) is 6.80. The molecule has 0 aliphatic carbocycles. The number of ether oxygens (including phenoxy) is 2. The number of benzene rings is 1. The van der Waals surface area contributed by atoms with Gasteiger partial charge in [-0.25, -0.2) is 4.98 Å². The number of anilines is 1. The number of hydrogen-bond acceptors (Lipinski definition) is 17. The van der Waals surface area contributed by atoms with Gasteiger partial charge in [0.1, 0.15) is 12.3 Å². The van der Waals surface area contributed by atoms with Crippen molar-refractivity contribution < 1.29 is 45.9 Å². The Kier molecular flexibility index (Phi) is 15.6. The normalized spacial score (nSPS) is 23.6. The van der Waals surface area contributed by atoms with Crippen LogP contribution in [-0.4, -0.2) is 109 Å². The number of thioether (sulfide) groups is 1. The second-order valence-corrected chi connectivity index (χ2v) is 15.4. The fourth-order valence-corrected chi connectivity index (χ4v) is 8.45. The monoisotopic (exact) mass is 791 g/mol. The predicted octanol–water partition coefficient (Wildman–Crippen LogP) is 3.07. The number of rotatable bonds is 22. The molecule has 0 radical (unpaired) electrons. The number of nitrogens with zero attached hydrogens (tertiary/aromatic N) is 5. The molecule has 0 saturated carbocycles. The van der Waals surface area contributed by atoms with E-state index in [4.69, 9.17) is 62.2 Å². The lowest BCUT2D eigenvalue weighted by Crippen LogP contribution is -2.36. The van der Waals surface area contributed by atoms with Gasteiger partial charge in [-0.2, -0.15) is 27.3 Å². The number of aromatic nitrogens is 4. The van der Waals surface area contributed by atoms with Crippen LogP contribution in [0.3, 0.4) is 0 Å². The third-order valence-electron chi connectivity index (χ3n) is 8.08. The zero-order chi connectivity index (χ0) is 36.8. The van der Waals surface area contributed by atoms with Crippen molar-refractivity contribution in [1.29, 1.82) is 10.5 Å². The Morgan fingerprint density at radius 1 is 0.962 bits per heavy atom. The van der Waals surface area contributed by atoms with Crippen LogP contribution in [0.25, 0.3) is 11.2 Å². The van der Waals surface area contributed by atoms with E-state index < -0.39 is 29.9 Å². The van der Waals surface area contributed by atoms with Crippen molar-refractivity contribution in [3.8, 4) is 12.1 Å². The van der Waals surface area contributed by atoms with Crippen LogP contribution in [0.4, 0.5) is 5.95 Å². The summed E-state index contributed by atoms with van der Waals surface area (Å²) >= 11 is 1.60. The molecule has 0 spiro atoms. The lowest BCUT2D eigenvalue weighted by Gasteiger charge is -2.21. The van der Waals surface area contributed by atoms with Crippen molar-refractivity contribution in [3.63, 3.8) is 0 Å². The third-order valence-corrected chi connectivity index (χ3v) is 11.3. The van der Waals surface area contributed by atoms with Crippen LogP contribution in [0.2, 0.25) is 0 Å². The van der Waals surface area contributed by atoms with E-state index in [2.05, 4.69) is 27.1 Å². The first-order chi connectivity index (χ1) is 26.0. The van der Waals surface area contributed by atoms with Crippen LogP contribution in [0.1, 0.15) is 31.9 Å². The molecule has 6 rings (SSSR count). The van der Waals surface area contributed by atoms with Gasteiger partial charge in [0, 0.05) is 11.5 Å². The summed E-state index contributed by atoms with van der Waals surface area (Å²) in [7, 11) is -3.89. The average Bonchev–Trinajstić information content (AvgIpc) is 3.97. The van der Waals surface area contributed by atoms with Crippen molar-refractivity contribution in [2.75, 3.05) is 63.5 Å². The molecule has 3 saturated heterocycles. The van der Waals surface area contributed by atoms with Gasteiger partial charge in [0.05, 0.1) is 95.9 Å². The Morgan fingerprint density at radius 2 is 1.66 bits per heavy atom. The average molecular weight is 792 g/mol. The quantitative estimate of drug-likeness (QED) is 0.0846. The Morgan fingerprint density at radius 3 is 2.38 bits per heavy atom. The molecular weight excluding hydrogens is 751 g/mol. The molecule has 22 heteroatoms. The van der Waals surface area contributed by atoms with Crippen molar-refractivity contribution in [1.82, 2.24) is 19.5 Å². The summed E-state index contributed by atoms with van der Waals surface area (Å²) in [6.07, 6.45) is 1.83. The summed E-state index contributed by atoms with van der Waals surface area (Å²) < 4.78 is 61.1. The molecule has 0 amide bonds. The van der Waals surface area contributed by atoms with E-state index in [0.29, 0.717) is 49.8 Å². The minimum absolute atomic E-state index is 0.00182. The summed E-state index contributed by atoms with van der Waals surface area (Å²) in [6, 6.07) is 13.9. The van der Waals surface area contributed by atoms with Gasteiger partial charge < -0.3 is 51.7 Å². The van der Waals surface area contributed by atoms with Crippen molar-refractivity contribution in [3.05, 3.63) is 47.0 Å². The molecule has 7 atom stereocenters. The molecule has 3 N–H and O–H groups in total. The van der Waals surface area contributed by atoms with Crippen LogP contribution in [0.5, 0.6) is 0 Å². The number of fused-ring (bicyclic) bond motifs is 2. The van der Waals surface area contributed by atoms with Gasteiger partial charge in [0.2, 0.25) is 5.95 Å². The number of hydrogen-bond donors (Lipinski definition) is 2. The minimum atomic E-state index is -1.72. The smallest absolute Gasteiger partial charge is 0.399 e. The highest BCUT2D eigenvalue weighted by molar-refractivity contribution is 7.99. The van der Waals surface area contributed by atoms with Crippen LogP contribution in [0, 0.1) is 22.7 Å². The van der Waals surface area contributed by atoms with Crippen LogP contribution < -0.4 is 16.8 Å². The molecule has 3 aliphatic heterocycles. The minimum Gasteiger partial charge on any atom is -0.399 e. The first kappa shape index (κ1) is 39.9. The van der Waals surface area contributed by atoms with E-state index in [-0.39, 0.29) is 81.4 Å². The van der Waals surface area contributed by atoms with E-state index in [1.807, 2.05) is 30.3 Å². The van der Waals surface area contributed by atoms with E-state index in [1.165, 1.54) is 6.33 Å². The second kappa shape index (κ2) is 20.8. The number of nitrogens with two attached hydrogens (primary N) is 1. The SMILES string of the molecule is N#CCCOP(OCCSCCOP(OCCC#N)OC[C@H]1OCC2OB(c3ccccc3)OC21)OCC1CCC(n2cnc3c(=O)[nH]c(N)nc32)O1. The number of imidazole rings is 1. The highest BCUT2D eigenvalue weighted by Crippen LogP contribution is 2.43. The fourth-order valence-electron chi connectivity index (χ4n) is 5.63. The highest BCUT2D eigenvalue weighted by atomic mass is 32.2. The number of nitrogens with one attached hydrogen (secondary N) is 1. The third kappa shape index (κ3) is 11.4. The van der Waals surface area contributed by atoms with E-state index in [1.54, 1.807) is 16.3 Å². The molecule has 1 aromatic carbocycles. The van der Waals surface area contributed by atoms with Gasteiger partial charge in [0.25, 0.3) is 5.56 Å². The molecule has 18 nitrogen and oxygen atoms in total. The summed E-state index contributed by atoms with van der Waals surface area (Å²) in [5, 5.41) is 17.9. The van der Waals surface area contributed by atoms with Crippen LogP contribution >= 0.6 is 29.0 Å². The Bertz CT molecular complexity index is 1740. The molecule has 3 fully saturated rings. The number of aromatic amines is 1. The maximum atomic E-state index is 12.1. The molecule has 5 heterocycles. The van der Waals surface area contributed by atoms with E-state index >= 15 is 0 Å². The zero-order valence-electron chi connectivity index (χ0n) is 28.7. The lowest BCUT2D eigenvalue weighted by molar-refractivity contribution is -0.0198. The fraction of sp³-hybridized carbons (Fsp3) is 0.581. The van der Waals surface area contributed by atoms with Gasteiger partial charge in [-0.05, 0) is 18.3 Å². The van der Waals surface area contributed by atoms with Gasteiger partial charge in [0.15, 0.2) is 11.2 Å². The van der Waals surface area contributed by atoms with Crippen LogP contribution in [-0.2, 0) is 45.9 Å². The topological polar surface area (TPSA) is 229 Å². The second-order valence-electron chi connectivity index (χ2n) is 11.8. The summed E-state index contributed by atoms with van der Waals surface area (Å²) in [4.78, 5) is 23.0. The zero-order valence-corrected chi connectivity index (χ0v) is 31.3. The van der Waals surface area contributed by atoms with E-state index in [0.717, 1.165) is 5.46 Å². The standard InChI is InChI=1S/C31H40BN7O11P2S/c33-10-4-12-42-51(46-18-23-8-9-26(48-23)39-21-36-27-29(39)37-31(35)38-30(27)40)44-14-16-53-17-15-45-52(43-13-5-11-34)47-20-24-28-25(19-41-24)49-32(50-28)22-6-2-1-3-7-22/h1-3,6-7,21,23-26,28H,4-5,8-9,12-20H2,(H3,35,37,38,40)/t23?,24-,25?,26?,28?,51?,52?/m1/s1. The molecule has 53 heavy (non-hydrogen) atoms. The van der Waals surface area contributed by atoms with Gasteiger partial charge >= 0.3 is 24.3 Å². The Balaban J connectivity index is 0.882. The van der Waals surface area contributed by atoms with Gasteiger partial charge in [-0.3, -0.25) is 14.3 Å².